The fraction of sp³-hybridized carbons (Fsp3) is 0.516. The minimum atomic E-state index is -3.80. The van der Waals surface area contributed by atoms with Gasteiger partial charge in [-0.25, -0.2) is 12.7 Å². The Morgan fingerprint density at radius 3 is 2.26 bits per heavy atom. The predicted molar refractivity (Wildman–Crippen MR) is 168 cm³/mol. The standard InChI is InChI=1S/C31H44N6O4S/c1-7-36(8-2)21-24-13-17-37(18-14-24)31-27-12-10-9-11-26(27)30(33-34-31)32-28(38)15-16-35(5)42(39,40)29-22(3)19-25(41-6)20-23(29)4/h9-12,19-20,24H,7-8,13-18,21H2,1-6H3,(H,32,33,38). The van der Waals surface area contributed by atoms with Crippen molar-refractivity contribution in [3.8, 4) is 5.75 Å². The first-order chi connectivity index (χ1) is 20.1. The SMILES string of the molecule is CCN(CC)CC1CCN(c2nnc(NC(=O)CCN(C)S(=O)(=O)c3c(C)cc(OC)cc3C)c3ccccc23)CC1. The maximum atomic E-state index is 13.3. The highest BCUT2D eigenvalue weighted by molar-refractivity contribution is 7.89. The van der Waals surface area contributed by atoms with Crippen molar-refractivity contribution in [1.82, 2.24) is 19.4 Å². The van der Waals surface area contributed by atoms with Gasteiger partial charge in [0.25, 0.3) is 0 Å². The molecule has 1 amide bonds. The Balaban J connectivity index is 1.42. The third-order valence-corrected chi connectivity index (χ3v) is 10.4. The third-order valence-electron chi connectivity index (χ3n) is 8.24. The van der Waals surface area contributed by atoms with E-state index in [2.05, 4.69) is 39.2 Å². The van der Waals surface area contributed by atoms with Gasteiger partial charge in [0.1, 0.15) is 5.75 Å². The number of methoxy groups -OCH3 is 1. The van der Waals surface area contributed by atoms with Crippen molar-refractivity contribution in [3.63, 3.8) is 0 Å². The molecule has 42 heavy (non-hydrogen) atoms. The van der Waals surface area contributed by atoms with Crippen LogP contribution in [0.5, 0.6) is 5.75 Å². The van der Waals surface area contributed by atoms with Crippen molar-refractivity contribution in [3.05, 3.63) is 47.5 Å². The first-order valence-electron chi connectivity index (χ1n) is 14.7. The Labute approximate surface area is 250 Å². The summed E-state index contributed by atoms with van der Waals surface area (Å²) >= 11 is 0. The molecule has 1 saturated heterocycles. The lowest BCUT2D eigenvalue weighted by atomic mass is 9.96. The molecule has 0 spiro atoms. The number of hydrogen-bond acceptors (Lipinski definition) is 8. The number of benzene rings is 2. The van der Waals surface area contributed by atoms with Gasteiger partial charge in [0, 0.05) is 50.4 Å². The van der Waals surface area contributed by atoms with Crippen LogP contribution in [0.3, 0.4) is 0 Å². The molecule has 1 N–H and O–H groups in total. The number of carbonyl (C=O) groups is 1. The molecular weight excluding hydrogens is 552 g/mol. The average Bonchev–Trinajstić information content (AvgIpc) is 2.98. The summed E-state index contributed by atoms with van der Waals surface area (Å²) in [7, 11) is -0.765. The summed E-state index contributed by atoms with van der Waals surface area (Å²) in [6.45, 7) is 13.1. The normalized spacial score (nSPS) is 14.6. The minimum Gasteiger partial charge on any atom is -0.497 e. The Kier molecular flexibility index (Phi) is 10.4. The summed E-state index contributed by atoms with van der Waals surface area (Å²) in [6.07, 6.45) is 2.19. The van der Waals surface area contributed by atoms with Crippen molar-refractivity contribution in [2.45, 2.75) is 51.9 Å². The van der Waals surface area contributed by atoms with Crippen molar-refractivity contribution in [2.75, 3.05) is 63.6 Å². The molecule has 0 saturated carbocycles. The first kappa shape index (κ1) is 31.7. The molecule has 4 rings (SSSR count). The van der Waals surface area contributed by atoms with Crippen LogP contribution in [-0.4, -0.2) is 87.2 Å². The number of sulfonamides is 1. The molecule has 11 heteroatoms. The number of amides is 1. The lowest BCUT2D eigenvalue weighted by Crippen LogP contribution is -2.39. The number of fused-ring (bicyclic) bond motifs is 1. The summed E-state index contributed by atoms with van der Waals surface area (Å²) in [4.78, 5) is 18.0. The maximum Gasteiger partial charge on any atom is 0.243 e. The fourth-order valence-electron chi connectivity index (χ4n) is 5.75. The van der Waals surface area contributed by atoms with E-state index < -0.39 is 10.0 Å². The zero-order valence-corrected chi connectivity index (χ0v) is 26.5. The van der Waals surface area contributed by atoms with Crippen molar-refractivity contribution in [1.29, 1.82) is 0 Å². The molecule has 1 fully saturated rings. The van der Waals surface area contributed by atoms with Gasteiger partial charge >= 0.3 is 0 Å². The highest BCUT2D eigenvalue weighted by Gasteiger charge is 2.27. The molecule has 0 unspecified atom stereocenters. The van der Waals surface area contributed by atoms with Crippen LogP contribution in [0.15, 0.2) is 41.3 Å². The Bertz CT molecular complexity index is 1480. The smallest absolute Gasteiger partial charge is 0.243 e. The number of carbonyl (C=O) groups excluding carboxylic acids is 1. The van der Waals surface area contributed by atoms with Gasteiger partial charge in [-0.1, -0.05) is 38.1 Å². The largest absolute Gasteiger partial charge is 0.497 e. The number of nitrogens with zero attached hydrogens (tertiary/aromatic N) is 5. The van der Waals surface area contributed by atoms with Crippen molar-refractivity contribution in [2.24, 2.45) is 5.92 Å². The Morgan fingerprint density at radius 2 is 1.67 bits per heavy atom. The second kappa shape index (κ2) is 13.8. The molecule has 1 aromatic heterocycles. The van der Waals surface area contributed by atoms with Crippen LogP contribution in [0.1, 0.15) is 44.2 Å². The molecule has 10 nitrogen and oxygen atoms in total. The van der Waals surface area contributed by atoms with Crippen LogP contribution in [-0.2, 0) is 14.8 Å². The number of hydrogen-bond donors (Lipinski definition) is 1. The van der Waals surface area contributed by atoms with Crippen LogP contribution in [0.4, 0.5) is 11.6 Å². The first-order valence-corrected chi connectivity index (χ1v) is 16.2. The second-order valence-electron chi connectivity index (χ2n) is 11.0. The molecule has 3 aromatic rings. The quantitative estimate of drug-likeness (QED) is 0.327. The number of nitrogens with one attached hydrogen (secondary N) is 1. The summed E-state index contributed by atoms with van der Waals surface area (Å²) < 4.78 is 33.1. The van der Waals surface area contributed by atoms with Gasteiger partial charge in [0.15, 0.2) is 11.6 Å². The minimum absolute atomic E-state index is 0.0188. The number of ether oxygens (including phenoxy) is 1. The molecule has 1 aliphatic rings. The molecule has 0 bridgehead atoms. The van der Waals surface area contributed by atoms with Crippen LogP contribution in [0.2, 0.25) is 0 Å². The van der Waals surface area contributed by atoms with Gasteiger partial charge in [0.2, 0.25) is 15.9 Å². The summed E-state index contributed by atoms with van der Waals surface area (Å²) in [5.74, 6) is 2.16. The van der Waals surface area contributed by atoms with E-state index in [0.717, 1.165) is 62.2 Å². The van der Waals surface area contributed by atoms with Crippen molar-refractivity contribution < 1.29 is 17.9 Å². The van der Waals surface area contributed by atoms with E-state index in [1.165, 1.54) is 11.4 Å². The molecule has 0 radical (unpaired) electrons. The van der Waals surface area contributed by atoms with Crippen LogP contribution in [0.25, 0.3) is 10.8 Å². The molecule has 0 atom stereocenters. The van der Waals surface area contributed by atoms with Crippen LogP contribution < -0.4 is 15.0 Å². The number of aryl methyl sites for hydroxylation is 2. The van der Waals surface area contributed by atoms with E-state index in [9.17, 15) is 13.2 Å². The maximum absolute atomic E-state index is 13.3. The predicted octanol–water partition coefficient (Wildman–Crippen LogP) is 4.46. The lowest BCUT2D eigenvalue weighted by Gasteiger charge is -2.35. The number of anilines is 2. The lowest BCUT2D eigenvalue weighted by molar-refractivity contribution is -0.116. The Hall–Kier alpha value is -3.28. The van der Waals surface area contributed by atoms with E-state index in [4.69, 9.17) is 4.74 Å². The van der Waals surface area contributed by atoms with E-state index in [1.54, 1.807) is 33.1 Å². The van der Waals surface area contributed by atoms with E-state index >= 15 is 0 Å². The van der Waals surface area contributed by atoms with Gasteiger partial charge in [-0.3, -0.25) is 4.79 Å². The topological polar surface area (TPSA) is 108 Å². The van der Waals surface area contributed by atoms with E-state index in [-0.39, 0.29) is 23.8 Å². The number of rotatable bonds is 12. The Morgan fingerprint density at radius 1 is 1.05 bits per heavy atom. The van der Waals surface area contributed by atoms with Gasteiger partial charge in [0.05, 0.1) is 12.0 Å². The van der Waals surface area contributed by atoms with Crippen LogP contribution in [0, 0.1) is 19.8 Å². The fourth-order valence-corrected chi connectivity index (χ4v) is 7.33. The monoisotopic (exact) mass is 596 g/mol. The van der Waals surface area contributed by atoms with Gasteiger partial charge in [-0.05, 0) is 69.0 Å². The highest BCUT2D eigenvalue weighted by atomic mass is 32.2. The van der Waals surface area contributed by atoms with Gasteiger partial charge in [-0.2, -0.15) is 0 Å². The average molecular weight is 597 g/mol. The van der Waals surface area contributed by atoms with Crippen molar-refractivity contribution >= 4 is 38.3 Å². The zero-order valence-electron chi connectivity index (χ0n) is 25.7. The van der Waals surface area contributed by atoms with Gasteiger partial charge in [-0.15, -0.1) is 10.2 Å². The molecule has 1 aliphatic heterocycles. The zero-order chi connectivity index (χ0) is 30.4. The molecule has 2 heterocycles. The molecule has 0 aliphatic carbocycles. The van der Waals surface area contributed by atoms with Crippen LogP contribution >= 0.6 is 0 Å². The van der Waals surface area contributed by atoms with E-state index in [1.807, 2.05) is 24.3 Å². The summed E-state index contributed by atoms with van der Waals surface area (Å²) in [5.41, 5.74) is 1.19. The third kappa shape index (κ3) is 7.02. The highest BCUT2D eigenvalue weighted by Crippen LogP contribution is 2.32. The number of piperidine rings is 1. The van der Waals surface area contributed by atoms with Gasteiger partial charge < -0.3 is 19.9 Å². The molecule has 228 valence electrons. The molecular formula is C31H44N6O4S. The summed E-state index contributed by atoms with van der Waals surface area (Å²) in [6, 6.07) is 11.2. The second-order valence-corrected chi connectivity index (χ2v) is 13.0. The molecule has 2 aromatic carbocycles. The van der Waals surface area contributed by atoms with E-state index in [0.29, 0.717) is 28.6 Å². The summed E-state index contributed by atoms with van der Waals surface area (Å²) in [5, 5.41) is 13.6. The number of aromatic nitrogens is 2.